The monoisotopic (exact) mass is 263 g/mol. The van der Waals surface area contributed by atoms with Gasteiger partial charge < -0.3 is 5.11 Å². The van der Waals surface area contributed by atoms with Crippen LogP contribution in [0.2, 0.25) is 5.02 Å². The van der Waals surface area contributed by atoms with E-state index < -0.39 is 5.97 Å². The molecule has 0 aliphatic rings. The van der Waals surface area contributed by atoms with E-state index in [-0.39, 0.29) is 25.0 Å². The Morgan fingerprint density at radius 3 is 2.38 bits per heavy atom. The Kier molecular flexibility index (Phi) is 6.41. The molecule has 0 amide bonds. The Labute approximate surface area is 106 Å². The van der Waals surface area contributed by atoms with Crippen LogP contribution < -0.4 is 0 Å². The fourth-order valence-corrected chi connectivity index (χ4v) is 1.47. The lowest BCUT2D eigenvalue weighted by atomic mass is 10.1. The summed E-state index contributed by atoms with van der Waals surface area (Å²) < 4.78 is 0. The van der Waals surface area contributed by atoms with Gasteiger partial charge in [-0.05, 0) is 31.7 Å². The number of hydrogen-bond acceptors (Lipinski definition) is 2. The van der Waals surface area contributed by atoms with Crippen LogP contribution in [0.15, 0.2) is 24.3 Å². The molecule has 90 valence electrons. The van der Waals surface area contributed by atoms with Crippen LogP contribution in [0.5, 0.6) is 0 Å². The molecule has 1 rings (SSSR count). The number of hydrogen-bond donors (Lipinski definition) is 1. The molecule has 3 nitrogen and oxygen atoms in total. The first-order valence-electron chi connectivity index (χ1n) is 4.68. The molecule has 0 saturated carbocycles. The van der Waals surface area contributed by atoms with Crippen LogP contribution in [0.3, 0.4) is 0 Å². The predicted octanol–water partition coefficient (Wildman–Crippen LogP) is 2.84. The minimum Gasteiger partial charge on any atom is -0.480 e. The third-order valence-electron chi connectivity index (χ3n) is 2.40. The minimum absolute atomic E-state index is 0. The van der Waals surface area contributed by atoms with Crippen LogP contribution in [-0.2, 0) is 4.79 Å². The molecule has 0 heterocycles. The molecule has 1 aromatic rings. The van der Waals surface area contributed by atoms with E-state index in [0.717, 1.165) is 5.56 Å². The largest absolute Gasteiger partial charge is 0.480 e. The van der Waals surface area contributed by atoms with Crippen LogP contribution in [-0.4, -0.2) is 29.6 Å². The minimum atomic E-state index is -0.821. The summed E-state index contributed by atoms with van der Waals surface area (Å²) >= 11 is 5.77. The average molecular weight is 264 g/mol. The molecule has 1 atom stereocenters. The van der Waals surface area contributed by atoms with Gasteiger partial charge in [-0.3, -0.25) is 9.69 Å². The zero-order valence-corrected chi connectivity index (χ0v) is 10.8. The highest BCUT2D eigenvalue weighted by molar-refractivity contribution is 6.30. The first kappa shape index (κ1) is 15.2. The summed E-state index contributed by atoms with van der Waals surface area (Å²) in [6, 6.07) is 7.50. The molecule has 1 aromatic carbocycles. The maximum absolute atomic E-state index is 10.5. The molecule has 1 unspecified atom stereocenters. The molecule has 16 heavy (non-hydrogen) atoms. The lowest BCUT2D eigenvalue weighted by Crippen LogP contribution is -2.28. The third kappa shape index (κ3) is 4.39. The summed E-state index contributed by atoms with van der Waals surface area (Å²) in [4.78, 5) is 12.3. The standard InChI is InChI=1S/C11H14ClNO2.ClH/c1-8(13(2)7-11(14)15)9-3-5-10(12)6-4-9;/h3-6,8H,7H2,1-2H3,(H,14,15);1H. The Balaban J connectivity index is 0.00000225. The molecule has 0 spiro atoms. The van der Waals surface area contributed by atoms with Crippen molar-refractivity contribution in [1.29, 1.82) is 0 Å². The molecule has 0 aromatic heterocycles. The highest BCUT2D eigenvalue weighted by atomic mass is 35.5. The fraction of sp³-hybridized carbons (Fsp3) is 0.364. The Morgan fingerprint density at radius 2 is 1.94 bits per heavy atom. The molecule has 0 fully saturated rings. The number of nitrogens with zero attached hydrogens (tertiary/aromatic N) is 1. The highest BCUT2D eigenvalue weighted by Crippen LogP contribution is 2.20. The van der Waals surface area contributed by atoms with Gasteiger partial charge in [-0.2, -0.15) is 0 Å². The fourth-order valence-electron chi connectivity index (χ4n) is 1.35. The van der Waals surface area contributed by atoms with Crippen molar-refractivity contribution in [3.63, 3.8) is 0 Å². The SMILES string of the molecule is CC(c1ccc(Cl)cc1)N(C)CC(=O)O.Cl. The van der Waals surface area contributed by atoms with Gasteiger partial charge in [0, 0.05) is 11.1 Å². The number of carboxylic acid groups (broad SMARTS) is 1. The van der Waals surface area contributed by atoms with E-state index in [2.05, 4.69) is 0 Å². The van der Waals surface area contributed by atoms with E-state index in [1.54, 1.807) is 11.9 Å². The summed E-state index contributed by atoms with van der Waals surface area (Å²) in [6.07, 6.45) is 0. The number of aliphatic carboxylic acids is 1. The van der Waals surface area contributed by atoms with E-state index in [9.17, 15) is 4.79 Å². The zero-order chi connectivity index (χ0) is 11.4. The summed E-state index contributed by atoms with van der Waals surface area (Å²) in [5.41, 5.74) is 1.06. The van der Waals surface area contributed by atoms with Crippen molar-refractivity contribution in [3.8, 4) is 0 Å². The highest BCUT2D eigenvalue weighted by Gasteiger charge is 2.13. The van der Waals surface area contributed by atoms with Crippen molar-refractivity contribution in [1.82, 2.24) is 4.90 Å². The van der Waals surface area contributed by atoms with Crippen LogP contribution >= 0.6 is 24.0 Å². The lowest BCUT2D eigenvalue weighted by Gasteiger charge is -2.23. The normalized spacial score (nSPS) is 12.0. The van der Waals surface area contributed by atoms with Gasteiger partial charge in [0.2, 0.25) is 0 Å². The molecular weight excluding hydrogens is 249 g/mol. The maximum atomic E-state index is 10.5. The number of likely N-dealkylation sites (N-methyl/N-ethyl adjacent to an activating group) is 1. The molecule has 5 heteroatoms. The van der Waals surface area contributed by atoms with Crippen molar-refractivity contribution in [2.45, 2.75) is 13.0 Å². The van der Waals surface area contributed by atoms with E-state index in [0.29, 0.717) is 5.02 Å². The maximum Gasteiger partial charge on any atom is 0.317 e. The van der Waals surface area contributed by atoms with Gasteiger partial charge in [0.05, 0.1) is 6.54 Å². The number of rotatable bonds is 4. The third-order valence-corrected chi connectivity index (χ3v) is 2.65. The van der Waals surface area contributed by atoms with Crippen molar-refractivity contribution < 1.29 is 9.90 Å². The van der Waals surface area contributed by atoms with Gasteiger partial charge >= 0.3 is 5.97 Å². The average Bonchev–Trinajstić information content (AvgIpc) is 2.17. The van der Waals surface area contributed by atoms with Gasteiger partial charge in [0.1, 0.15) is 0 Å². The summed E-state index contributed by atoms with van der Waals surface area (Å²) in [6.45, 7) is 2.00. The van der Waals surface area contributed by atoms with Gasteiger partial charge in [-0.1, -0.05) is 23.7 Å². The second-order valence-corrected chi connectivity index (χ2v) is 3.97. The van der Waals surface area contributed by atoms with Gasteiger partial charge in [-0.25, -0.2) is 0 Å². The molecule has 0 saturated heterocycles. The summed E-state index contributed by atoms with van der Waals surface area (Å²) in [5.74, 6) is -0.821. The first-order chi connectivity index (χ1) is 7.00. The van der Waals surface area contributed by atoms with Gasteiger partial charge in [0.25, 0.3) is 0 Å². The second-order valence-electron chi connectivity index (χ2n) is 3.54. The van der Waals surface area contributed by atoms with Crippen LogP contribution in [0.25, 0.3) is 0 Å². The lowest BCUT2D eigenvalue weighted by molar-refractivity contribution is -0.138. The number of carboxylic acids is 1. The van der Waals surface area contributed by atoms with Crippen LogP contribution in [0.4, 0.5) is 0 Å². The Morgan fingerprint density at radius 1 is 1.44 bits per heavy atom. The number of carbonyl (C=O) groups is 1. The molecule has 1 N–H and O–H groups in total. The van der Waals surface area contributed by atoms with Crippen molar-refractivity contribution in [3.05, 3.63) is 34.9 Å². The Bertz CT molecular complexity index is 340. The van der Waals surface area contributed by atoms with Gasteiger partial charge in [-0.15, -0.1) is 12.4 Å². The number of halogens is 2. The van der Waals surface area contributed by atoms with Crippen LogP contribution in [0.1, 0.15) is 18.5 Å². The summed E-state index contributed by atoms with van der Waals surface area (Å²) in [7, 11) is 1.79. The molecule has 0 radical (unpaired) electrons. The van der Waals surface area contributed by atoms with Gasteiger partial charge in [0.15, 0.2) is 0 Å². The molecule has 0 bridgehead atoms. The van der Waals surface area contributed by atoms with E-state index >= 15 is 0 Å². The predicted molar refractivity (Wildman–Crippen MR) is 67.4 cm³/mol. The van der Waals surface area contributed by atoms with Crippen molar-refractivity contribution in [2.75, 3.05) is 13.6 Å². The second kappa shape index (κ2) is 6.74. The van der Waals surface area contributed by atoms with E-state index in [1.165, 1.54) is 0 Å². The van der Waals surface area contributed by atoms with E-state index in [4.69, 9.17) is 16.7 Å². The van der Waals surface area contributed by atoms with Crippen molar-refractivity contribution >= 4 is 30.0 Å². The number of benzene rings is 1. The Hall–Kier alpha value is -0.770. The van der Waals surface area contributed by atoms with Crippen LogP contribution in [0, 0.1) is 0 Å². The smallest absolute Gasteiger partial charge is 0.317 e. The quantitative estimate of drug-likeness (QED) is 0.909. The van der Waals surface area contributed by atoms with Crippen molar-refractivity contribution in [2.24, 2.45) is 0 Å². The first-order valence-corrected chi connectivity index (χ1v) is 5.06. The molecule has 0 aliphatic carbocycles. The molecular formula is C11H15Cl2NO2. The molecule has 0 aliphatic heterocycles. The topological polar surface area (TPSA) is 40.5 Å². The zero-order valence-electron chi connectivity index (χ0n) is 9.18. The van der Waals surface area contributed by atoms with E-state index in [1.807, 2.05) is 31.2 Å². The summed E-state index contributed by atoms with van der Waals surface area (Å²) in [5, 5.41) is 9.35.